The number of nitrogen functional groups attached to an aromatic ring is 1. The molecule has 0 saturated carbocycles. The monoisotopic (exact) mass is 245 g/mol. The zero-order chi connectivity index (χ0) is 13.4. The summed E-state index contributed by atoms with van der Waals surface area (Å²) in [6, 6.07) is 0. The zero-order valence-corrected chi connectivity index (χ0v) is 8.59. The Balaban J connectivity index is 2.42. The maximum absolute atomic E-state index is 11.6. The normalized spacial score (nSPS) is 33.7. The summed E-state index contributed by atoms with van der Waals surface area (Å²) in [6.45, 7) is -0.535. The van der Waals surface area contributed by atoms with Gasteiger partial charge in [-0.1, -0.05) is 0 Å². The maximum Gasteiger partial charge on any atom is 0.354 e. The number of nitrogens with two attached hydrogens (primary N) is 1. The lowest BCUT2D eigenvalue weighted by molar-refractivity contribution is -0.0554. The highest BCUT2D eigenvalue weighted by Crippen LogP contribution is 2.27. The topological polar surface area (TPSA) is 144 Å². The number of rotatable bonds is 2. The second-order valence-corrected chi connectivity index (χ2v) is 3.56. The van der Waals surface area contributed by atoms with Crippen molar-refractivity contribution in [3.63, 3.8) is 0 Å². The summed E-state index contributed by atoms with van der Waals surface area (Å²) >= 11 is 0. The average Bonchev–Trinajstić information content (AvgIpc) is 2.56. The molecule has 2 rings (SSSR count). The highest BCUT2D eigenvalue weighted by atomic mass is 16.6. The fraction of sp³-hybridized carbons (Fsp3) is 0.625. The quantitative estimate of drug-likeness (QED) is 0.427. The molecule has 1 aromatic heterocycles. The summed E-state index contributed by atoms with van der Waals surface area (Å²) in [6.07, 6.45) is -5.78. The van der Waals surface area contributed by atoms with E-state index in [9.17, 15) is 15.0 Å². The van der Waals surface area contributed by atoms with E-state index in [4.69, 9.17) is 16.9 Å². The molecule has 1 unspecified atom stereocenters. The van der Waals surface area contributed by atoms with Gasteiger partial charge in [0, 0.05) is 0 Å². The third-order valence-corrected chi connectivity index (χ3v) is 2.46. The number of aliphatic hydroxyl groups is 3. The van der Waals surface area contributed by atoms with Crippen molar-refractivity contribution in [1.29, 1.82) is 0 Å². The minimum Gasteiger partial charge on any atom is -0.394 e. The Morgan fingerprint density at radius 2 is 2.29 bits per heavy atom. The van der Waals surface area contributed by atoms with Crippen LogP contribution in [0.5, 0.6) is 0 Å². The van der Waals surface area contributed by atoms with Crippen molar-refractivity contribution in [2.45, 2.75) is 24.5 Å². The van der Waals surface area contributed by atoms with Crippen LogP contribution in [0.1, 0.15) is 7.60 Å². The van der Waals surface area contributed by atoms with Gasteiger partial charge in [-0.3, -0.25) is 4.57 Å². The van der Waals surface area contributed by atoms with Gasteiger partial charge in [-0.15, -0.1) is 0 Å². The molecule has 1 saturated heterocycles. The first-order valence-corrected chi connectivity index (χ1v) is 4.80. The molecule has 1 fully saturated rings. The van der Waals surface area contributed by atoms with E-state index in [1.54, 1.807) is 0 Å². The lowest BCUT2D eigenvalue weighted by Gasteiger charge is -2.16. The van der Waals surface area contributed by atoms with Gasteiger partial charge in [0.05, 0.1) is 6.61 Å². The van der Waals surface area contributed by atoms with E-state index in [-0.39, 0.29) is 5.95 Å². The molecule has 1 aliphatic rings. The van der Waals surface area contributed by atoms with Crippen molar-refractivity contribution in [3.8, 4) is 0 Å². The molecule has 0 bridgehead atoms. The first-order chi connectivity index (χ1) is 8.45. The summed E-state index contributed by atoms with van der Waals surface area (Å²) in [5.41, 5.74) is 4.27. The predicted octanol–water partition coefficient (Wildman–Crippen LogP) is -3.17. The third kappa shape index (κ3) is 2.00. The average molecular weight is 245 g/mol. The van der Waals surface area contributed by atoms with Gasteiger partial charge in [0.25, 0.3) is 0 Å². The number of hydrogen-bond acceptors (Lipinski definition) is 8. The molecule has 1 aromatic rings. The Morgan fingerprint density at radius 3 is 2.82 bits per heavy atom. The van der Waals surface area contributed by atoms with Gasteiger partial charge in [0.1, 0.15) is 26.0 Å². The number of nitrogens with zero attached hydrogens (tertiary/aromatic N) is 3. The summed E-state index contributed by atoms with van der Waals surface area (Å²) in [5, 5.41) is 28.2. The maximum atomic E-state index is 11.6. The van der Waals surface area contributed by atoms with Crippen LogP contribution in [0, 0.1) is 0 Å². The molecule has 0 amide bonds. The van der Waals surface area contributed by atoms with Gasteiger partial charge in [-0.25, -0.2) is 9.78 Å². The molecule has 1 aliphatic heterocycles. The SMILES string of the molecule is [2H]c1nc(N)nc(=O)n1[C@@H]1O[C@H](CO)[C@H](O)C1O. The van der Waals surface area contributed by atoms with E-state index < -0.39 is 43.1 Å². The fourth-order valence-electron chi connectivity index (χ4n) is 1.58. The van der Waals surface area contributed by atoms with Crippen molar-refractivity contribution in [2.75, 3.05) is 12.3 Å². The van der Waals surface area contributed by atoms with E-state index in [0.29, 0.717) is 4.57 Å². The van der Waals surface area contributed by atoms with Crippen molar-refractivity contribution < 1.29 is 21.4 Å². The minimum atomic E-state index is -1.48. The molecule has 0 radical (unpaired) electrons. The summed E-state index contributed by atoms with van der Waals surface area (Å²) in [5.74, 6) is -0.368. The second kappa shape index (κ2) is 4.37. The Kier molecular flexibility index (Phi) is 2.73. The second-order valence-electron chi connectivity index (χ2n) is 3.56. The molecule has 9 nitrogen and oxygen atoms in total. The molecule has 0 aliphatic carbocycles. The van der Waals surface area contributed by atoms with Crippen LogP contribution < -0.4 is 11.4 Å². The Hall–Kier alpha value is -1.55. The molecule has 94 valence electrons. The molecule has 17 heavy (non-hydrogen) atoms. The number of hydrogen-bond donors (Lipinski definition) is 4. The molecule has 0 aromatic carbocycles. The van der Waals surface area contributed by atoms with Crippen molar-refractivity contribution >= 4 is 5.95 Å². The van der Waals surface area contributed by atoms with Crippen LogP contribution in [0.15, 0.2) is 11.1 Å². The molecular weight excluding hydrogens is 232 g/mol. The van der Waals surface area contributed by atoms with Crippen LogP contribution in [0.4, 0.5) is 5.95 Å². The number of aromatic nitrogens is 3. The van der Waals surface area contributed by atoms with Crippen molar-refractivity contribution in [3.05, 3.63) is 16.8 Å². The van der Waals surface area contributed by atoms with Gasteiger partial charge in [0.15, 0.2) is 6.23 Å². The van der Waals surface area contributed by atoms with E-state index in [1.807, 2.05) is 0 Å². The van der Waals surface area contributed by atoms with Crippen molar-refractivity contribution in [2.24, 2.45) is 0 Å². The van der Waals surface area contributed by atoms with Crippen LogP contribution in [0.3, 0.4) is 0 Å². The van der Waals surface area contributed by atoms with E-state index in [2.05, 4.69) is 9.97 Å². The zero-order valence-electron chi connectivity index (χ0n) is 9.59. The van der Waals surface area contributed by atoms with Gasteiger partial charge < -0.3 is 25.8 Å². The Bertz CT molecular complexity index is 509. The smallest absolute Gasteiger partial charge is 0.354 e. The van der Waals surface area contributed by atoms with E-state index >= 15 is 0 Å². The van der Waals surface area contributed by atoms with Crippen LogP contribution >= 0.6 is 0 Å². The standard InChI is InChI=1S/C8H12N4O5/c9-7-10-2-12(8(16)11-7)6-5(15)4(14)3(1-13)17-6/h2-6,13-15H,1H2,(H2,9,11,16)/t3-,4+,5?,6-/m1/s1/i2D. The summed E-state index contributed by atoms with van der Waals surface area (Å²) in [7, 11) is 0. The molecular formula is C8H12N4O5. The predicted molar refractivity (Wildman–Crippen MR) is 53.7 cm³/mol. The van der Waals surface area contributed by atoms with Gasteiger partial charge in [-0.05, 0) is 0 Å². The summed E-state index contributed by atoms with van der Waals surface area (Å²) < 4.78 is 13.2. The highest BCUT2D eigenvalue weighted by Gasteiger charge is 2.43. The lowest BCUT2D eigenvalue weighted by Crippen LogP contribution is -2.36. The molecule has 4 atom stereocenters. The van der Waals surface area contributed by atoms with Crippen molar-refractivity contribution in [1.82, 2.24) is 14.5 Å². The largest absolute Gasteiger partial charge is 0.394 e. The molecule has 5 N–H and O–H groups in total. The molecule has 9 heteroatoms. The van der Waals surface area contributed by atoms with Crippen LogP contribution in [-0.2, 0) is 4.74 Å². The van der Waals surface area contributed by atoms with Gasteiger partial charge in [0.2, 0.25) is 5.95 Å². The number of anilines is 1. The highest BCUT2D eigenvalue weighted by molar-refractivity contribution is 5.10. The van der Waals surface area contributed by atoms with Crippen LogP contribution in [0.25, 0.3) is 0 Å². The first kappa shape index (κ1) is 10.6. The Labute approximate surface area is 96.5 Å². The molecule has 0 spiro atoms. The first-order valence-electron chi connectivity index (χ1n) is 5.30. The van der Waals surface area contributed by atoms with Crippen LogP contribution in [-0.4, -0.2) is 54.8 Å². The summed E-state index contributed by atoms with van der Waals surface area (Å²) in [4.78, 5) is 18.3. The van der Waals surface area contributed by atoms with E-state index in [1.165, 1.54) is 0 Å². The van der Waals surface area contributed by atoms with E-state index in [0.717, 1.165) is 0 Å². The third-order valence-electron chi connectivity index (χ3n) is 2.46. The minimum absolute atomic E-state index is 0.368. The Morgan fingerprint density at radius 1 is 1.59 bits per heavy atom. The fourth-order valence-corrected chi connectivity index (χ4v) is 1.58. The van der Waals surface area contributed by atoms with Gasteiger partial charge in [-0.2, -0.15) is 4.98 Å². The number of aliphatic hydroxyl groups excluding tert-OH is 3. The lowest BCUT2D eigenvalue weighted by atomic mass is 10.1. The number of ether oxygens (including phenoxy) is 1. The van der Waals surface area contributed by atoms with Crippen LogP contribution in [0.2, 0.25) is 0 Å². The molecule has 2 heterocycles. The van der Waals surface area contributed by atoms with Gasteiger partial charge >= 0.3 is 5.69 Å².